The number of nitrogens with zero attached hydrogens (tertiary/aromatic N) is 1. The van der Waals surface area contributed by atoms with Crippen LogP contribution in [0.3, 0.4) is 0 Å². The van der Waals surface area contributed by atoms with Gasteiger partial charge in [-0.2, -0.15) is 0 Å². The van der Waals surface area contributed by atoms with Crippen LogP contribution in [-0.4, -0.2) is 40.9 Å². The quantitative estimate of drug-likeness (QED) is 0.929. The third-order valence-corrected chi connectivity index (χ3v) is 5.77. The topological polar surface area (TPSA) is 40.5 Å². The highest BCUT2D eigenvalue weighted by molar-refractivity contribution is 7.99. The van der Waals surface area contributed by atoms with Gasteiger partial charge in [-0.3, -0.25) is 9.69 Å². The zero-order chi connectivity index (χ0) is 14.1. The molecule has 2 aliphatic rings. The summed E-state index contributed by atoms with van der Waals surface area (Å²) in [6, 6.07) is 8.24. The number of piperidine rings is 1. The molecule has 3 unspecified atom stereocenters. The number of carboxylic acid groups (broad SMARTS) is 1. The Morgan fingerprint density at radius 3 is 3.05 bits per heavy atom. The number of likely N-dealkylation sites (tertiary alicyclic amines) is 1. The van der Waals surface area contributed by atoms with E-state index in [1.165, 1.54) is 10.5 Å². The number of hydrogen-bond acceptors (Lipinski definition) is 3. The molecule has 1 fully saturated rings. The van der Waals surface area contributed by atoms with Crippen molar-refractivity contribution in [2.24, 2.45) is 5.92 Å². The molecule has 108 valence electrons. The van der Waals surface area contributed by atoms with E-state index in [9.17, 15) is 9.90 Å². The van der Waals surface area contributed by atoms with E-state index in [-0.39, 0.29) is 6.04 Å². The van der Waals surface area contributed by atoms with Crippen molar-refractivity contribution in [2.45, 2.75) is 36.6 Å². The van der Waals surface area contributed by atoms with Crippen molar-refractivity contribution in [3.63, 3.8) is 0 Å². The van der Waals surface area contributed by atoms with Crippen molar-refractivity contribution in [2.75, 3.05) is 18.8 Å². The largest absolute Gasteiger partial charge is 0.480 e. The van der Waals surface area contributed by atoms with E-state index < -0.39 is 5.97 Å². The number of rotatable bonds is 3. The average Bonchev–Trinajstić information content (AvgIpc) is 2.84. The molecule has 3 rings (SSSR count). The fourth-order valence-electron chi connectivity index (χ4n) is 3.33. The van der Waals surface area contributed by atoms with Crippen molar-refractivity contribution in [1.82, 2.24) is 4.90 Å². The maximum absolute atomic E-state index is 11.5. The van der Waals surface area contributed by atoms with Gasteiger partial charge in [-0.15, -0.1) is 11.8 Å². The van der Waals surface area contributed by atoms with Crippen LogP contribution in [0.25, 0.3) is 0 Å². The summed E-state index contributed by atoms with van der Waals surface area (Å²) in [5.74, 6) is 1.43. The van der Waals surface area contributed by atoms with Crippen LogP contribution in [-0.2, 0) is 4.79 Å². The fourth-order valence-corrected chi connectivity index (χ4v) is 4.57. The molecule has 0 aromatic heterocycles. The van der Waals surface area contributed by atoms with Gasteiger partial charge in [0, 0.05) is 23.1 Å². The second-order valence-electron chi connectivity index (χ2n) is 6.02. The Labute approximate surface area is 124 Å². The molecule has 0 amide bonds. The summed E-state index contributed by atoms with van der Waals surface area (Å²) in [5.41, 5.74) is 1.40. The van der Waals surface area contributed by atoms with Crippen LogP contribution >= 0.6 is 11.8 Å². The molecule has 1 saturated heterocycles. The van der Waals surface area contributed by atoms with Crippen LogP contribution in [0.4, 0.5) is 0 Å². The average molecular weight is 291 g/mol. The van der Waals surface area contributed by atoms with Crippen molar-refractivity contribution in [1.29, 1.82) is 0 Å². The zero-order valence-electron chi connectivity index (χ0n) is 11.8. The number of carbonyl (C=O) groups is 1. The molecule has 3 atom stereocenters. The minimum atomic E-state index is -0.657. The molecule has 1 N–H and O–H groups in total. The SMILES string of the molecule is CC1CCN(CC2CSc3ccccc32)C(C(=O)O)C1. The van der Waals surface area contributed by atoms with Gasteiger partial charge in [0.05, 0.1) is 0 Å². The third-order valence-electron chi connectivity index (χ3n) is 4.51. The Kier molecular flexibility index (Phi) is 4.03. The molecular weight excluding hydrogens is 270 g/mol. The van der Waals surface area contributed by atoms with E-state index in [4.69, 9.17) is 0 Å². The zero-order valence-corrected chi connectivity index (χ0v) is 12.6. The van der Waals surface area contributed by atoms with Crippen molar-refractivity contribution < 1.29 is 9.90 Å². The first kappa shape index (κ1) is 14.0. The van der Waals surface area contributed by atoms with Gasteiger partial charge in [0.2, 0.25) is 0 Å². The highest BCUT2D eigenvalue weighted by Crippen LogP contribution is 2.40. The Morgan fingerprint density at radius 1 is 1.45 bits per heavy atom. The van der Waals surface area contributed by atoms with Crippen LogP contribution < -0.4 is 0 Å². The summed E-state index contributed by atoms with van der Waals surface area (Å²) in [6.45, 7) is 3.96. The number of fused-ring (bicyclic) bond motifs is 1. The number of carboxylic acids is 1. The Bertz CT molecular complexity index is 505. The lowest BCUT2D eigenvalue weighted by Gasteiger charge is -2.37. The van der Waals surface area contributed by atoms with Crippen LogP contribution in [0.2, 0.25) is 0 Å². The molecule has 3 nitrogen and oxygen atoms in total. The van der Waals surface area contributed by atoms with E-state index in [1.807, 2.05) is 11.8 Å². The van der Waals surface area contributed by atoms with Crippen molar-refractivity contribution >= 4 is 17.7 Å². The fraction of sp³-hybridized carbons (Fsp3) is 0.562. The third kappa shape index (κ3) is 2.72. The Morgan fingerprint density at radius 2 is 2.25 bits per heavy atom. The highest BCUT2D eigenvalue weighted by Gasteiger charge is 2.34. The number of hydrogen-bond donors (Lipinski definition) is 1. The molecule has 2 heterocycles. The second kappa shape index (κ2) is 5.78. The minimum absolute atomic E-state index is 0.295. The molecule has 1 aromatic carbocycles. The van der Waals surface area contributed by atoms with E-state index in [0.29, 0.717) is 11.8 Å². The van der Waals surface area contributed by atoms with E-state index in [0.717, 1.165) is 31.7 Å². The van der Waals surface area contributed by atoms with Gasteiger partial charge in [0.25, 0.3) is 0 Å². The molecule has 0 bridgehead atoms. The van der Waals surface area contributed by atoms with E-state index in [1.54, 1.807) is 0 Å². The Balaban J connectivity index is 1.73. The predicted molar refractivity (Wildman–Crippen MR) is 81.3 cm³/mol. The summed E-state index contributed by atoms with van der Waals surface area (Å²) in [5, 5.41) is 9.45. The van der Waals surface area contributed by atoms with Gasteiger partial charge < -0.3 is 5.11 Å². The lowest BCUT2D eigenvalue weighted by molar-refractivity contribution is -0.145. The van der Waals surface area contributed by atoms with Gasteiger partial charge in [-0.1, -0.05) is 25.1 Å². The van der Waals surface area contributed by atoms with Crippen LogP contribution in [0.1, 0.15) is 31.2 Å². The molecule has 1 aromatic rings. The predicted octanol–water partition coefficient (Wildman–Crippen LogP) is 3.06. The summed E-state index contributed by atoms with van der Waals surface area (Å²) < 4.78 is 0. The van der Waals surface area contributed by atoms with E-state index in [2.05, 4.69) is 36.1 Å². The van der Waals surface area contributed by atoms with Crippen LogP contribution in [0.15, 0.2) is 29.2 Å². The van der Waals surface area contributed by atoms with Crippen LogP contribution in [0, 0.1) is 5.92 Å². The molecule has 0 spiro atoms. The molecule has 4 heteroatoms. The molecule has 0 saturated carbocycles. The maximum Gasteiger partial charge on any atom is 0.320 e. The van der Waals surface area contributed by atoms with Gasteiger partial charge in [-0.05, 0) is 36.9 Å². The van der Waals surface area contributed by atoms with Crippen molar-refractivity contribution in [3.05, 3.63) is 29.8 Å². The maximum atomic E-state index is 11.5. The molecule has 0 radical (unpaired) electrons. The number of thioether (sulfide) groups is 1. The summed E-state index contributed by atoms with van der Waals surface area (Å²) in [6.07, 6.45) is 1.90. The van der Waals surface area contributed by atoms with Crippen molar-refractivity contribution in [3.8, 4) is 0 Å². The first-order valence-corrected chi connectivity index (χ1v) is 8.32. The highest BCUT2D eigenvalue weighted by atomic mass is 32.2. The molecular formula is C16H21NO2S. The Hall–Kier alpha value is -1.00. The lowest BCUT2D eigenvalue weighted by Crippen LogP contribution is -2.48. The smallest absolute Gasteiger partial charge is 0.320 e. The lowest BCUT2D eigenvalue weighted by atomic mass is 9.90. The monoisotopic (exact) mass is 291 g/mol. The second-order valence-corrected chi connectivity index (χ2v) is 7.09. The molecule has 20 heavy (non-hydrogen) atoms. The molecule has 0 aliphatic carbocycles. The number of benzene rings is 1. The summed E-state index contributed by atoms with van der Waals surface area (Å²) in [4.78, 5) is 15.0. The molecule has 2 aliphatic heterocycles. The first-order valence-electron chi connectivity index (χ1n) is 7.33. The van der Waals surface area contributed by atoms with Gasteiger partial charge in [0.15, 0.2) is 0 Å². The minimum Gasteiger partial charge on any atom is -0.480 e. The standard InChI is InChI=1S/C16H21NO2S/c1-11-6-7-17(14(8-11)16(18)19)9-12-10-20-15-5-3-2-4-13(12)15/h2-5,11-12,14H,6-10H2,1H3,(H,18,19). The summed E-state index contributed by atoms with van der Waals surface area (Å²) in [7, 11) is 0. The summed E-state index contributed by atoms with van der Waals surface area (Å²) >= 11 is 1.90. The number of aliphatic carboxylic acids is 1. The first-order chi connectivity index (χ1) is 9.65. The van der Waals surface area contributed by atoms with Crippen LogP contribution in [0.5, 0.6) is 0 Å². The van der Waals surface area contributed by atoms with Gasteiger partial charge in [-0.25, -0.2) is 0 Å². The van der Waals surface area contributed by atoms with Gasteiger partial charge >= 0.3 is 5.97 Å². The van der Waals surface area contributed by atoms with E-state index >= 15 is 0 Å². The normalized spacial score (nSPS) is 30.1. The van der Waals surface area contributed by atoms with Gasteiger partial charge in [0.1, 0.15) is 6.04 Å².